The highest BCUT2D eigenvalue weighted by atomic mass is 35.5. The van der Waals surface area contributed by atoms with Crippen molar-refractivity contribution in [1.29, 1.82) is 0 Å². The van der Waals surface area contributed by atoms with Crippen LogP contribution in [0.5, 0.6) is 0 Å². The molecule has 0 bridgehead atoms. The average Bonchev–Trinajstić information content (AvgIpc) is 3.15. The van der Waals surface area contributed by atoms with E-state index >= 15 is 0 Å². The fourth-order valence-corrected chi connectivity index (χ4v) is 3.89. The predicted molar refractivity (Wildman–Crippen MR) is 94.4 cm³/mol. The van der Waals surface area contributed by atoms with Gasteiger partial charge in [-0.05, 0) is 30.6 Å². The molecule has 3 aromatic rings. The molecule has 0 radical (unpaired) electrons. The Morgan fingerprint density at radius 2 is 2.17 bits per heavy atom. The minimum Gasteiger partial charge on any atom is -0.300 e. The van der Waals surface area contributed by atoms with Crippen LogP contribution >= 0.6 is 46.2 Å². The third-order valence-electron chi connectivity index (χ3n) is 2.62. The summed E-state index contributed by atoms with van der Waals surface area (Å²) in [6.45, 7) is 1.83. The molecule has 0 fully saturated rings. The molecule has 0 saturated carbocycles. The first kappa shape index (κ1) is 16.3. The van der Waals surface area contributed by atoms with Gasteiger partial charge in [0.05, 0.1) is 10.8 Å². The first-order chi connectivity index (χ1) is 11.1. The van der Waals surface area contributed by atoms with Crippen LogP contribution in [0.2, 0.25) is 5.02 Å². The molecule has 2 aromatic heterocycles. The lowest BCUT2D eigenvalue weighted by Gasteiger charge is -1.99. The third-order valence-corrected chi connectivity index (χ3v) is 5.54. The highest BCUT2D eigenvalue weighted by Gasteiger charge is 2.12. The maximum absolute atomic E-state index is 11.9. The molecule has 0 aliphatic carbocycles. The highest BCUT2D eigenvalue weighted by Crippen LogP contribution is 2.29. The van der Waals surface area contributed by atoms with E-state index in [0.29, 0.717) is 20.3 Å². The molecular formula is C13H10ClN5OS3. The van der Waals surface area contributed by atoms with Gasteiger partial charge in [0.2, 0.25) is 11.0 Å². The van der Waals surface area contributed by atoms with Gasteiger partial charge in [-0.25, -0.2) is 4.98 Å². The number of nitrogens with one attached hydrogen (secondary N) is 1. The summed E-state index contributed by atoms with van der Waals surface area (Å²) >= 11 is 10.0. The lowest BCUT2D eigenvalue weighted by molar-refractivity contribution is -0.113. The van der Waals surface area contributed by atoms with E-state index < -0.39 is 0 Å². The zero-order chi connectivity index (χ0) is 16.2. The number of hydrogen-bond donors (Lipinski definition) is 1. The number of hydrogen-bond acceptors (Lipinski definition) is 8. The van der Waals surface area contributed by atoms with Gasteiger partial charge >= 0.3 is 0 Å². The van der Waals surface area contributed by atoms with Gasteiger partial charge in [-0.1, -0.05) is 46.8 Å². The van der Waals surface area contributed by atoms with E-state index in [1.807, 2.05) is 25.1 Å². The first-order valence-electron chi connectivity index (χ1n) is 6.43. The minimum atomic E-state index is -0.152. The van der Waals surface area contributed by atoms with Gasteiger partial charge in [-0.3, -0.25) is 10.1 Å². The Morgan fingerprint density at radius 1 is 1.35 bits per heavy atom. The molecule has 0 atom stereocenters. The van der Waals surface area contributed by atoms with Crippen LogP contribution in [-0.4, -0.2) is 31.2 Å². The van der Waals surface area contributed by atoms with E-state index in [1.165, 1.54) is 34.6 Å². The summed E-state index contributed by atoms with van der Waals surface area (Å²) in [5.74, 6) is 0.652. The van der Waals surface area contributed by atoms with E-state index in [1.54, 1.807) is 6.07 Å². The Hall–Kier alpha value is -1.55. The minimum absolute atomic E-state index is 0.152. The number of rotatable bonds is 5. The summed E-state index contributed by atoms with van der Waals surface area (Å²) < 4.78 is 5.00. The van der Waals surface area contributed by atoms with E-state index in [4.69, 9.17) is 11.6 Å². The van der Waals surface area contributed by atoms with Crippen molar-refractivity contribution in [2.75, 3.05) is 11.1 Å². The van der Waals surface area contributed by atoms with Gasteiger partial charge in [0, 0.05) is 5.56 Å². The monoisotopic (exact) mass is 383 g/mol. The quantitative estimate of drug-likeness (QED) is 0.676. The van der Waals surface area contributed by atoms with Crippen molar-refractivity contribution in [3.63, 3.8) is 0 Å². The fourth-order valence-electron chi connectivity index (χ4n) is 1.65. The van der Waals surface area contributed by atoms with Crippen LogP contribution < -0.4 is 5.32 Å². The number of carbonyl (C=O) groups excluding carboxylic acids is 1. The van der Waals surface area contributed by atoms with Crippen LogP contribution in [0.4, 0.5) is 5.13 Å². The molecular weight excluding hydrogens is 374 g/mol. The van der Waals surface area contributed by atoms with Crippen LogP contribution in [0.15, 0.2) is 28.6 Å². The van der Waals surface area contributed by atoms with E-state index in [-0.39, 0.29) is 11.7 Å². The molecule has 0 aliphatic heterocycles. The zero-order valence-corrected chi connectivity index (χ0v) is 15.0. The van der Waals surface area contributed by atoms with Gasteiger partial charge in [0.1, 0.15) is 5.01 Å². The SMILES string of the molecule is Cc1nnc(NC(=O)CSc2nc(-c3ccccc3Cl)ns2)s1. The molecule has 1 amide bonds. The summed E-state index contributed by atoms with van der Waals surface area (Å²) in [7, 11) is 0. The largest absolute Gasteiger partial charge is 0.300 e. The third kappa shape index (κ3) is 4.25. The summed E-state index contributed by atoms with van der Waals surface area (Å²) in [4.78, 5) is 16.3. The van der Waals surface area contributed by atoms with E-state index in [0.717, 1.165) is 10.6 Å². The topological polar surface area (TPSA) is 80.7 Å². The Kier molecular flexibility index (Phi) is 5.21. The number of carbonyl (C=O) groups is 1. The predicted octanol–water partition coefficient (Wildman–Crippen LogP) is 3.75. The zero-order valence-electron chi connectivity index (χ0n) is 11.8. The number of anilines is 1. The van der Waals surface area contributed by atoms with Crippen LogP contribution in [-0.2, 0) is 4.79 Å². The normalized spacial score (nSPS) is 10.7. The molecule has 0 unspecified atom stereocenters. The molecule has 10 heteroatoms. The van der Waals surface area contributed by atoms with Crippen molar-refractivity contribution < 1.29 is 4.79 Å². The van der Waals surface area contributed by atoms with Gasteiger partial charge in [0.15, 0.2) is 10.2 Å². The number of aryl methyl sites for hydroxylation is 1. The van der Waals surface area contributed by atoms with Crippen molar-refractivity contribution >= 4 is 57.3 Å². The van der Waals surface area contributed by atoms with Gasteiger partial charge < -0.3 is 0 Å². The molecule has 0 spiro atoms. The van der Waals surface area contributed by atoms with Crippen LogP contribution in [0, 0.1) is 6.92 Å². The summed E-state index contributed by atoms with van der Waals surface area (Å²) in [6, 6.07) is 7.39. The molecule has 3 rings (SSSR count). The second-order valence-corrected chi connectivity index (χ2v) is 7.89. The van der Waals surface area contributed by atoms with E-state index in [2.05, 4.69) is 24.9 Å². The van der Waals surface area contributed by atoms with Crippen LogP contribution in [0.3, 0.4) is 0 Å². The van der Waals surface area contributed by atoms with Crippen LogP contribution in [0.25, 0.3) is 11.4 Å². The summed E-state index contributed by atoms with van der Waals surface area (Å²) in [5.41, 5.74) is 0.783. The standard InChI is InChI=1S/C13H10ClN5OS3/c1-7-17-18-12(22-7)15-10(20)6-21-13-16-11(19-23-13)8-4-2-3-5-9(8)14/h2-5H,6H2,1H3,(H,15,18,20). The number of benzene rings is 1. The van der Waals surface area contributed by atoms with E-state index in [9.17, 15) is 4.79 Å². The molecule has 2 heterocycles. The Morgan fingerprint density at radius 3 is 2.91 bits per heavy atom. The molecule has 6 nitrogen and oxygen atoms in total. The van der Waals surface area contributed by atoms with Crippen molar-refractivity contribution in [3.05, 3.63) is 34.3 Å². The van der Waals surface area contributed by atoms with Crippen molar-refractivity contribution in [2.24, 2.45) is 0 Å². The lowest BCUT2D eigenvalue weighted by Crippen LogP contribution is -2.13. The number of aromatic nitrogens is 4. The Bertz CT molecular complexity index is 834. The second kappa shape index (κ2) is 7.35. The number of nitrogens with zero attached hydrogens (tertiary/aromatic N) is 4. The van der Waals surface area contributed by atoms with Gasteiger partial charge in [0.25, 0.3) is 0 Å². The molecule has 0 saturated heterocycles. The maximum Gasteiger partial charge on any atom is 0.236 e. The second-order valence-electron chi connectivity index (χ2n) is 4.33. The molecule has 1 aromatic carbocycles. The van der Waals surface area contributed by atoms with Crippen molar-refractivity contribution in [2.45, 2.75) is 11.3 Å². The van der Waals surface area contributed by atoms with Crippen LogP contribution in [0.1, 0.15) is 5.01 Å². The number of amides is 1. The van der Waals surface area contributed by atoms with Gasteiger partial charge in [-0.2, -0.15) is 4.37 Å². The highest BCUT2D eigenvalue weighted by molar-refractivity contribution is 8.01. The average molecular weight is 384 g/mol. The summed E-state index contributed by atoms with van der Waals surface area (Å²) in [6.07, 6.45) is 0. The lowest BCUT2D eigenvalue weighted by atomic mass is 10.2. The summed E-state index contributed by atoms with van der Waals surface area (Å²) in [5, 5.41) is 12.3. The maximum atomic E-state index is 11.9. The van der Waals surface area contributed by atoms with Crippen molar-refractivity contribution in [1.82, 2.24) is 19.6 Å². The Balaban J connectivity index is 1.59. The fraction of sp³-hybridized carbons (Fsp3) is 0.154. The smallest absolute Gasteiger partial charge is 0.236 e. The molecule has 23 heavy (non-hydrogen) atoms. The first-order valence-corrected chi connectivity index (χ1v) is 9.38. The van der Waals surface area contributed by atoms with Crippen molar-refractivity contribution in [3.8, 4) is 11.4 Å². The molecule has 0 aliphatic rings. The molecule has 1 N–H and O–H groups in total. The number of halogens is 1. The molecule has 118 valence electrons. The van der Waals surface area contributed by atoms with Gasteiger partial charge in [-0.15, -0.1) is 10.2 Å². The Labute approximate surface area is 149 Å². The number of thioether (sulfide) groups is 1.